The normalized spacial score (nSPS) is 11.1. The van der Waals surface area contributed by atoms with Gasteiger partial charge in [-0.15, -0.1) is 4.91 Å². The van der Waals surface area contributed by atoms with Gasteiger partial charge >= 0.3 is 10.0 Å². The van der Waals surface area contributed by atoms with Gasteiger partial charge in [-0.2, -0.15) is 8.42 Å². The molecule has 0 aliphatic carbocycles. The summed E-state index contributed by atoms with van der Waals surface area (Å²) in [6, 6.07) is 5.62. The van der Waals surface area contributed by atoms with E-state index in [4.69, 9.17) is 11.6 Å². The Bertz CT molecular complexity index is 401. The van der Waals surface area contributed by atoms with Crippen LogP contribution in [0.1, 0.15) is 0 Å². The number of hydrogen-bond acceptors (Lipinski definition) is 3. The van der Waals surface area contributed by atoms with Crippen molar-refractivity contribution in [3.8, 4) is 0 Å². The van der Waals surface area contributed by atoms with E-state index in [-0.39, 0.29) is 9.92 Å². The first kappa shape index (κ1) is 9.15. The predicted octanol–water partition coefficient (Wildman–Crippen LogP) is 1.80. The molecular formula is C6H4ClNO3S. The molecule has 64 valence electrons. The van der Waals surface area contributed by atoms with Crippen molar-refractivity contribution in [3.63, 3.8) is 0 Å². The number of nitroso groups, excluding NO2 is 1. The molecular weight excluding hydrogens is 202 g/mol. The van der Waals surface area contributed by atoms with Gasteiger partial charge in [-0.25, -0.2) is 0 Å². The molecule has 0 amide bonds. The van der Waals surface area contributed by atoms with Gasteiger partial charge in [0, 0.05) is 0 Å². The number of hydrogen-bond donors (Lipinski definition) is 0. The molecule has 0 unspecified atom stereocenters. The molecule has 0 saturated heterocycles. The third kappa shape index (κ3) is 1.62. The highest BCUT2D eigenvalue weighted by Crippen LogP contribution is 2.21. The van der Waals surface area contributed by atoms with Crippen molar-refractivity contribution >= 4 is 21.6 Å². The molecule has 0 spiro atoms. The standard InChI is InChI=1S/C6H4ClNO3S/c7-5-3-1-2-4-6(5)12(10,11)8-9/h1-4H. The third-order valence-electron chi connectivity index (χ3n) is 1.21. The fourth-order valence-electron chi connectivity index (χ4n) is 0.694. The van der Waals surface area contributed by atoms with Crippen LogP contribution in [0.25, 0.3) is 0 Å². The van der Waals surface area contributed by atoms with Crippen LogP contribution in [-0.4, -0.2) is 8.42 Å². The van der Waals surface area contributed by atoms with E-state index >= 15 is 0 Å². The molecule has 0 bridgehead atoms. The third-order valence-corrected chi connectivity index (χ3v) is 2.76. The molecule has 1 rings (SSSR count). The highest BCUT2D eigenvalue weighted by molar-refractivity contribution is 7.90. The summed E-state index contributed by atoms with van der Waals surface area (Å²) in [4.78, 5) is 9.62. The van der Waals surface area contributed by atoms with E-state index in [9.17, 15) is 13.3 Å². The lowest BCUT2D eigenvalue weighted by Crippen LogP contribution is -1.95. The zero-order valence-electron chi connectivity index (χ0n) is 5.77. The fraction of sp³-hybridized carbons (Fsp3) is 0. The highest BCUT2D eigenvalue weighted by Gasteiger charge is 2.16. The number of benzene rings is 1. The Labute approximate surface area is 74.2 Å². The van der Waals surface area contributed by atoms with Crippen LogP contribution in [0.5, 0.6) is 0 Å². The zero-order chi connectivity index (χ0) is 9.19. The Kier molecular flexibility index (Phi) is 2.44. The van der Waals surface area contributed by atoms with Gasteiger partial charge in [-0.1, -0.05) is 23.7 Å². The first-order valence-corrected chi connectivity index (χ1v) is 4.74. The molecule has 0 N–H and O–H groups in total. The summed E-state index contributed by atoms with van der Waals surface area (Å²) in [5.41, 5.74) is 0. The van der Waals surface area contributed by atoms with Crippen molar-refractivity contribution in [2.75, 3.05) is 0 Å². The van der Waals surface area contributed by atoms with E-state index in [1.54, 1.807) is 6.07 Å². The quantitative estimate of drug-likeness (QED) is 0.692. The molecule has 6 heteroatoms. The molecule has 0 fully saturated rings. The summed E-state index contributed by atoms with van der Waals surface area (Å²) in [7, 11) is -4.09. The van der Waals surface area contributed by atoms with E-state index in [2.05, 4.69) is 0 Å². The molecule has 0 atom stereocenters. The molecule has 0 saturated carbocycles. The first-order chi connectivity index (χ1) is 5.58. The molecule has 0 radical (unpaired) electrons. The van der Waals surface area contributed by atoms with Crippen LogP contribution in [-0.2, 0) is 10.0 Å². The summed E-state index contributed by atoms with van der Waals surface area (Å²) < 4.78 is 23.7. The van der Waals surface area contributed by atoms with E-state index < -0.39 is 10.0 Å². The van der Waals surface area contributed by atoms with Crippen LogP contribution in [0.15, 0.2) is 33.7 Å². The number of nitrogens with zero attached hydrogens (tertiary/aromatic N) is 1. The Morgan fingerprint density at radius 3 is 2.33 bits per heavy atom. The Balaban J connectivity index is 3.39. The highest BCUT2D eigenvalue weighted by atomic mass is 35.5. The lowest BCUT2D eigenvalue weighted by atomic mass is 10.4. The van der Waals surface area contributed by atoms with Gasteiger partial charge in [0.25, 0.3) is 0 Å². The maximum atomic E-state index is 10.9. The van der Waals surface area contributed by atoms with Crippen molar-refractivity contribution in [3.05, 3.63) is 34.2 Å². The van der Waals surface area contributed by atoms with Crippen molar-refractivity contribution in [1.82, 2.24) is 0 Å². The average molecular weight is 206 g/mol. The maximum Gasteiger partial charge on any atom is 0.318 e. The van der Waals surface area contributed by atoms with Crippen LogP contribution >= 0.6 is 11.6 Å². The van der Waals surface area contributed by atoms with Crippen LogP contribution in [0.3, 0.4) is 0 Å². The zero-order valence-corrected chi connectivity index (χ0v) is 7.34. The number of halogens is 1. The van der Waals surface area contributed by atoms with Crippen LogP contribution in [0.4, 0.5) is 0 Å². The molecule has 1 aromatic carbocycles. The second-order valence-electron chi connectivity index (χ2n) is 1.98. The fourth-order valence-corrected chi connectivity index (χ4v) is 1.77. The predicted molar refractivity (Wildman–Crippen MR) is 44.4 cm³/mol. The molecule has 12 heavy (non-hydrogen) atoms. The summed E-state index contributed by atoms with van der Waals surface area (Å²) >= 11 is 5.51. The van der Waals surface area contributed by atoms with E-state index in [0.29, 0.717) is 0 Å². The minimum Gasteiger partial charge on any atom is -0.196 e. The SMILES string of the molecule is O=NS(=O)(=O)c1ccccc1Cl. The van der Waals surface area contributed by atoms with Gasteiger partial charge in [0.2, 0.25) is 0 Å². The van der Waals surface area contributed by atoms with E-state index in [1.807, 2.05) is 4.58 Å². The Hall–Kier alpha value is -0.940. The summed E-state index contributed by atoms with van der Waals surface area (Å²) in [5, 5.41) is -0.00269. The average Bonchev–Trinajstić information content (AvgIpc) is 2.05. The Morgan fingerprint density at radius 1 is 1.25 bits per heavy atom. The van der Waals surface area contributed by atoms with E-state index in [0.717, 1.165) is 0 Å². The van der Waals surface area contributed by atoms with Crippen LogP contribution < -0.4 is 0 Å². The molecule has 0 heterocycles. The smallest absolute Gasteiger partial charge is 0.196 e. The van der Waals surface area contributed by atoms with Crippen LogP contribution in [0, 0.1) is 4.91 Å². The first-order valence-electron chi connectivity index (χ1n) is 2.92. The van der Waals surface area contributed by atoms with E-state index in [1.165, 1.54) is 18.2 Å². The minimum atomic E-state index is -4.09. The largest absolute Gasteiger partial charge is 0.318 e. The van der Waals surface area contributed by atoms with Crippen LogP contribution in [0.2, 0.25) is 5.02 Å². The molecule has 0 aliphatic heterocycles. The maximum absolute atomic E-state index is 10.9. The van der Waals surface area contributed by atoms with Gasteiger partial charge in [0.15, 0.2) is 0 Å². The van der Waals surface area contributed by atoms with Gasteiger partial charge in [0.05, 0.1) is 9.60 Å². The number of sulfonamides is 1. The lowest BCUT2D eigenvalue weighted by Gasteiger charge is -1.96. The molecule has 4 nitrogen and oxygen atoms in total. The van der Waals surface area contributed by atoms with Crippen molar-refractivity contribution in [2.24, 2.45) is 4.58 Å². The second-order valence-corrected chi connectivity index (χ2v) is 3.93. The van der Waals surface area contributed by atoms with Gasteiger partial charge < -0.3 is 0 Å². The second kappa shape index (κ2) is 3.20. The molecule has 0 aromatic heterocycles. The summed E-state index contributed by atoms with van der Waals surface area (Å²) in [6.45, 7) is 0. The minimum absolute atomic E-state index is 0.00269. The van der Waals surface area contributed by atoms with Gasteiger partial charge in [-0.05, 0) is 12.1 Å². The van der Waals surface area contributed by atoms with Crippen molar-refractivity contribution < 1.29 is 8.42 Å². The van der Waals surface area contributed by atoms with Crippen molar-refractivity contribution in [1.29, 1.82) is 0 Å². The summed E-state index contributed by atoms with van der Waals surface area (Å²) in [6.07, 6.45) is 0. The number of rotatable bonds is 2. The lowest BCUT2D eigenvalue weighted by molar-refractivity contribution is 0.597. The van der Waals surface area contributed by atoms with Gasteiger partial charge in [-0.3, -0.25) is 0 Å². The molecule has 0 aliphatic rings. The Morgan fingerprint density at radius 2 is 1.83 bits per heavy atom. The van der Waals surface area contributed by atoms with Crippen molar-refractivity contribution in [2.45, 2.75) is 4.90 Å². The van der Waals surface area contributed by atoms with Gasteiger partial charge in [0.1, 0.15) is 4.90 Å². The summed E-state index contributed by atoms with van der Waals surface area (Å²) in [5.74, 6) is 0. The topological polar surface area (TPSA) is 63.6 Å². The monoisotopic (exact) mass is 205 g/mol. The molecule has 1 aromatic rings.